The largest absolute Gasteiger partial charge is 0.373 e. The van der Waals surface area contributed by atoms with Gasteiger partial charge in [-0.1, -0.05) is 53.1 Å². The maximum atomic E-state index is 14.0. The zero-order valence-electron chi connectivity index (χ0n) is 26.9. The van der Waals surface area contributed by atoms with E-state index in [1.54, 1.807) is 35.0 Å². The number of hydrogen-bond donors (Lipinski definition) is 2. The maximum absolute atomic E-state index is 14.0. The van der Waals surface area contributed by atoms with Crippen LogP contribution in [0.5, 0.6) is 0 Å². The molecule has 2 atom stereocenters. The van der Waals surface area contributed by atoms with Gasteiger partial charge in [0.25, 0.3) is 16.1 Å². The van der Waals surface area contributed by atoms with Gasteiger partial charge in [-0.2, -0.15) is 22.5 Å². The predicted molar refractivity (Wildman–Crippen MR) is 195 cm³/mol. The molecule has 49 heavy (non-hydrogen) atoms. The van der Waals surface area contributed by atoms with Crippen molar-refractivity contribution in [2.24, 2.45) is 0 Å². The quantitative estimate of drug-likeness (QED) is 0.198. The predicted octanol–water partition coefficient (Wildman–Crippen LogP) is 6.54. The zero-order chi connectivity index (χ0) is 34.7. The average Bonchev–Trinajstić information content (AvgIpc) is 3.68. The molecule has 0 bridgehead atoms. The number of rotatable bonds is 8. The number of hydrogen-bond acceptors (Lipinski definition) is 7. The molecule has 10 nitrogen and oxygen atoms in total. The number of carbonyl (C=O) groups excluding carboxylic acids is 1. The summed E-state index contributed by atoms with van der Waals surface area (Å²) in [5.41, 5.74) is 5.23. The standard InChI is InChI=1S/C34H35Cl3N6O4S2/c1-22-20-42(21-23(2)47-22)49(45,46)38-19-28-32(34(44)40-41-16-4-3-5-17-41)39-43(30-14-11-26(36)18-29(30)37)33(28)31-15-13-27(48-31)12-8-24-6-9-25(35)10-7-24/h6-7,9-11,13-15,18,22-23,38H,3-5,16-17,19-21H2,1-2H3,(H,40,44). The van der Waals surface area contributed by atoms with Gasteiger partial charge in [0.05, 0.1) is 38.4 Å². The van der Waals surface area contributed by atoms with Crippen LogP contribution in [-0.2, 0) is 21.5 Å². The van der Waals surface area contributed by atoms with Crippen molar-refractivity contribution in [2.75, 3.05) is 26.2 Å². The summed E-state index contributed by atoms with van der Waals surface area (Å²) in [6.07, 6.45) is 2.47. The summed E-state index contributed by atoms with van der Waals surface area (Å²) in [5.74, 6) is 5.90. The number of aromatic nitrogens is 2. The molecule has 0 aliphatic carbocycles. The van der Waals surface area contributed by atoms with E-state index in [1.807, 2.05) is 43.1 Å². The molecular weight excluding hydrogens is 727 g/mol. The lowest BCUT2D eigenvalue weighted by atomic mass is 10.1. The lowest BCUT2D eigenvalue weighted by Crippen LogP contribution is -2.51. The molecule has 15 heteroatoms. The van der Waals surface area contributed by atoms with Crippen molar-refractivity contribution >= 4 is 62.3 Å². The number of halogens is 3. The number of amides is 1. The lowest BCUT2D eigenvalue weighted by molar-refractivity contribution is -0.0444. The van der Waals surface area contributed by atoms with Crippen LogP contribution in [-0.4, -0.2) is 71.8 Å². The van der Waals surface area contributed by atoms with Crippen LogP contribution in [0, 0.1) is 11.8 Å². The number of hydrazine groups is 1. The minimum absolute atomic E-state index is 0.0696. The van der Waals surface area contributed by atoms with Gasteiger partial charge in [0, 0.05) is 53.9 Å². The second kappa shape index (κ2) is 15.5. The Labute approximate surface area is 305 Å². The van der Waals surface area contributed by atoms with Crippen LogP contribution in [0.1, 0.15) is 59.6 Å². The van der Waals surface area contributed by atoms with Crippen LogP contribution in [0.2, 0.25) is 15.1 Å². The Bertz CT molecular complexity index is 1990. The number of piperidine rings is 1. The van der Waals surface area contributed by atoms with Gasteiger partial charge >= 0.3 is 0 Å². The van der Waals surface area contributed by atoms with Crippen molar-refractivity contribution in [1.29, 1.82) is 0 Å². The minimum Gasteiger partial charge on any atom is -0.373 e. The van der Waals surface area contributed by atoms with Crippen LogP contribution < -0.4 is 10.1 Å². The molecule has 2 aromatic carbocycles. The normalized spacial score (nSPS) is 19.0. The van der Waals surface area contributed by atoms with E-state index >= 15 is 0 Å². The average molecular weight is 762 g/mol. The van der Waals surface area contributed by atoms with E-state index in [0.29, 0.717) is 50.0 Å². The van der Waals surface area contributed by atoms with Crippen LogP contribution in [0.3, 0.4) is 0 Å². The molecule has 0 spiro atoms. The van der Waals surface area contributed by atoms with Crippen molar-refractivity contribution < 1.29 is 17.9 Å². The Kier molecular flexibility index (Phi) is 11.4. The zero-order valence-corrected chi connectivity index (χ0v) is 30.8. The first-order chi connectivity index (χ1) is 23.5. The van der Waals surface area contributed by atoms with Gasteiger partial charge in [-0.05, 0) is 81.3 Å². The summed E-state index contributed by atoms with van der Waals surface area (Å²) in [6, 6.07) is 16.0. The molecule has 1 amide bonds. The SMILES string of the molecule is CC1CN(S(=O)(=O)NCc2c(C(=O)NN3CCCCC3)nn(-c3ccc(Cl)cc3Cl)c2-c2ccc(C#Cc3ccc(Cl)cc3)s2)CC(C)O1. The van der Waals surface area contributed by atoms with Gasteiger partial charge in [0.2, 0.25) is 0 Å². The van der Waals surface area contributed by atoms with E-state index < -0.39 is 16.1 Å². The molecular formula is C34H35Cl3N6O4S2. The Morgan fingerprint density at radius 3 is 2.35 bits per heavy atom. The topological polar surface area (TPSA) is 109 Å². The van der Waals surface area contributed by atoms with Gasteiger partial charge in [-0.25, -0.2) is 9.69 Å². The van der Waals surface area contributed by atoms with Gasteiger partial charge in [0.1, 0.15) is 0 Å². The third-order valence-electron chi connectivity index (χ3n) is 8.12. The number of nitrogens with one attached hydrogen (secondary N) is 2. The number of carbonyl (C=O) groups is 1. The lowest BCUT2D eigenvalue weighted by Gasteiger charge is -2.34. The summed E-state index contributed by atoms with van der Waals surface area (Å²) in [5, 5.41) is 8.04. The fraction of sp³-hybridized carbons (Fsp3) is 0.353. The molecule has 2 aliphatic rings. The van der Waals surface area contributed by atoms with E-state index in [9.17, 15) is 13.2 Å². The number of ether oxygens (including phenoxy) is 1. The third-order valence-corrected chi connectivity index (χ3v) is 11.4. The number of nitrogens with zero attached hydrogens (tertiary/aromatic N) is 4. The first kappa shape index (κ1) is 35.9. The molecule has 2 aliphatic heterocycles. The second-order valence-corrected chi connectivity index (χ2v) is 16.1. The van der Waals surface area contributed by atoms with Crippen molar-refractivity contribution in [3.63, 3.8) is 0 Å². The number of thiophene rings is 1. The van der Waals surface area contributed by atoms with E-state index in [2.05, 4.69) is 22.0 Å². The van der Waals surface area contributed by atoms with Crippen molar-refractivity contribution in [1.82, 2.24) is 29.2 Å². The highest BCUT2D eigenvalue weighted by Crippen LogP contribution is 2.37. The van der Waals surface area contributed by atoms with E-state index in [1.165, 1.54) is 15.6 Å². The highest BCUT2D eigenvalue weighted by Gasteiger charge is 2.33. The highest BCUT2D eigenvalue weighted by molar-refractivity contribution is 7.87. The fourth-order valence-electron chi connectivity index (χ4n) is 5.86. The Hall–Kier alpha value is -2.96. The smallest absolute Gasteiger partial charge is 0.286 e. The molecule has 2 fully saturated rings. The summed E-state index contributed by atoms with van der Waals surface area (Å²) in [6.45, 7) is 5.28. The summed E-state index contributed by atoms with van der Waals surface area (Å²) in [7, 11) is -3.97. The van der Waals surface area contributed by atoms with Crippen molar-refractivity contribution in [3.05, 3.63) is 91.4 Å². The van der Waals surface area contributed by atoms with Crippen LogP contribution in [0.4, 0.5) is 0 Å². The molecule has 6 rings (SSSR count). The van der Waals surface area contributed by atoms with Gasteiger partial charge in [0.15, 0.2) is 5.69 Å². The molecule has 258 valence electrons. The highest BCUT2D eigenvalue weighted by atomic mass is 35.5. The molecule has 0 radical (unpaired) electrons. The van der Waals surface area contributed by atoms with Crippen LogP contribution in [0.25, 0.3) is 16.3 Å². The van der Waals surface area contributed by atoms with E-state index in [0.717, 1.165) is 29.7 Å². The Morgan fingerprint density at radius 1 is 0.959 bits per heavy atom. The number of morpholine rings is 1. The van der Waals surface area contributed by atoms with E-state index in [4.69, 9.17) is 44.6 Å². The molecule has 0 saturated carbocycles. The molecule has 4 heterocycles. The monoisotopic (exact) mass is 760 g/mol. The van der Waals surface area contributed by atoms with E-state index in [-0.39, 0.29) is 37.5 Å². The summed E-state index contributed by atoms with van der Waals surface area (Å²) < 4.78 is 38.8. The fourth-order valence-corrected chi connectivity index (χ4v) is 8.72. The summed E-state index contributed by atoms with van der Waals surface area (Å²) in [4.78, 5) is 15.4. The van der Waals surface area contributed by atoms with Crippen LogP contribution in [0.15, 0.2) is 54.6 Å². The van der Waals surface area contributed by atoms with Crippen molar-refractivity contribution in [2.45, 2.75) is 51.9 Å². The first-order valence-corrected chi connectivity index (χ1v) is 19.3. The van der Waals surface area contributed by atoms with Crippen LogP contribution >= 0.6 is 46.1 Å². The molecule has 2 saturated heterocycles. The minimum atomic E-state index is -3.97. The maximum Gasteiger partial charge on any atom is 0.286 e. The van der Waals surface area contributed by atoms with Gasteiger partial charge in [-0.3, -0.25) is 10.2 Å². The van der Waals surface area contributed by atoms with Crippen molar-refractivity contribution in [3.8, 4) is 28.1 Å². The molecule has 2 N–H and O–H groups in total. The molecule has 2 unspecified atom stereocenters. The molecule has 4 aromatic rings. The first-order valence-electron chi connectivity index (χ1n) is 15.9. The number of benzene rings is 2. The second-order valence-electron chi connectivity index (χ2n) is 12.0. The Morgan fingerprint density at radius 2 is 1.65 bits per heavy atom. The molecule has 2 aromatic heterocycles. The third kappa shape index (κ3) is 8.68. The van der Waals surface area contributed by atoms with Gasteiger partial charge in [-0.15, -0.1) is 11.3 Å². The Balaban J connectivity index is 1.44. The van der Waals surface area contributed by atoms with Gasteiger partial charge < -0.3 is 4.74 Å². The summed E-state index contributed by atoms with van der Waals surface area (Å²) >= 11 is 20.4.